The first-order valence-corrected chi connectivity index (χ1v) is 12.1. The van der Waals surface area contributed by atoms with Crippen LogP contribution >= 0.6 is 0 Å². The molecular weight excluding hydrogens is 464 g/mol. The third kappa shape index (κ3) is 4.14. The molecule has 0 unspecified atom stereocenters. The molecule has 0 bridgehead atoms. The van der Waals surface area contributed by atoms with Crippen molar-refractivity contribution in [3.63, 3.8) is 0 Å². The van der Waals surface area contributed by atoms with Crippen molar-refractivity contribution in [3.05, 3.63) is 101 Å². The van der Waals surface area contributed by atoms with E-state index in [0.29, 0.717) is 22.3 Å². The van der Waals surface area contributed by atoms with Gasteiger partial charge in [-0.25, -0.2) is 0 Å². The molecule has 37 heavy (non-hydrogen) atoms. The largest absolute Gasteiger partial charge is 0.507 e. The number of phenolic OH excluding ortho intramolecular Hbond substituents is 1. The summed E-state index contributed by atoms with van der Waals surface area (Å²) >= 11 is 0. The zero-order chi connectivity index (χ0) is 26.3. The van der Waals surface area contributed by atoms with E-state index in [1.165, 1.54) is 0 Å². The lowest BCUT2D eigenvalue weighted by Crippen LogP contribution is -2.34. The number of aliphatic carboxylic acids is 1. The quantitative estimate of drug-likeness (QED) is 0.361. The molecule has 1 heterocycles. The molecule has 0 radical (unpaired) electrons. The lowest BCUT2D eigenvalue weighted by atomic mass is 9.82. The van der Waals surface area contributed by atoms with Crippen molar-refractivity contribution in [2.24, 2.45) is 0 Å². The van der Waals surface area contributed by atoms with Crippen LogP contribution in [0.15, 0.2) is 78.9 Å². The van der Waals surface area contributed by atoms with Crippen molar-refractivity contribution in [1.82, 2.24) is 0 Å². The minimum Gasteiger partial charge on any atom is -0.507 e. The standard InChI is InChI=1S/C31H30N2O4/c1-32(2)22-13-9-20(10-14-22)31(21-11-15-23(16-12-21)33(3)4)18-17-26-27(19-28(34)35)29(36)24-7-5-6-8-25(24)30(26)37-31/h5-18,36H,19H2,1-4H3,(H,34,35). The highest BCUT2D eigenvalue weighted by Crippen LogP contribution is 2.49. The maximum atomic E-state index is 11.7. The van der Waals surface area contributed by atoms with Gasteiger partial charge < -0.3 is 24.7 Å². The van der Waals surface area contributed by atoms with Gasteiger partial charge in [-0.15, -0.1) is 0 Å². The molecule has 4 aromatic carbocycles. The summed E-state index contributed by atoms with van der Waals surface area (Å²) in [5, 5.41) is 21.9. The maximum absolute atomic E-state index is 11.7. The molecule has 1 aliphatic rings. The Morgan fingerprint density at radius 3 is 1.81 bits per heavy atom. The Hall–Kier alpha value is -4.45. The minimum atomic E-state index is -1.02. The molecule has 0 saturated carbocycles. The van der Waals surface area contributed by atoms with Crippen LogP contribution in [-0.4, -0.2) is 44.4 Å². The van der Waals surface area contributed by atoms with Crippen molar-refractivity contribution in [3.8, 4) is 11.5 Å². The zero-order valence-electron chi connectivity index (χ0n) is 21.4. The number of hydrogen-bond donors (Lipinski definition) is 2. The van der Waals surface area contributed by atoms with Gasteiger partial charge >= 0.3 is 5.97 Å². The average molecular weight is 495 g/mol. The number of aromatic hydroxyl groups is 1. The Kier molecular flexibility index (Phi) is 6.04. The fourth-order valence-corrected chi connectivity index (χ4v) is 4.96. The molecule has 6 nitrogen and oxygen atoms in total. The zero-order valence-corrected chi connectivity index (χ0v) is 21.4. The molecule has 0 spiro atoms. The summed E-state index contributed by atoms with van der Waals surface area (Å²) in [6.07, 6.45) is 3.54. The number of phenols is 1. The highest BCUT2D eigenvalue weighted by molar-refractivity contribution is 5.99. The summed E-state index contributed by atoms with van der Waals surface area (Å²) in [6, 6.07) is 23.9. The molecule has 0 saturated heterocycles. The van der Waals surface area contributed by atoms with Crippen LogP contribution in [0.1, 0.15) is 22.3 Å². The van der Waals surface area contributed by atoms with Crippen LogP contribution in [0.25, 0.3) is 16.8 Å². The molecule has 4 aromatic rings. The number of nitrogens with zero attached hydrogens (tertiary/aromatic N) is 2. The first-order valence-electron chi connectivity index (χ1n) is 12.1. The van der Waals surface area contributed by atoms with Crippen LogP contribution in [0.4, 0.5) is 11.4 Å². The average Bonchev–Trinajstić information content (AvgIpc) is 2.90. The van der Waals surface area contributed by atoms with E-state index in [9.17, 15) is 15.0 Å². The summed E-state index contributed by atoms with van der Waals surface area (Å²) in [5.41, 5.74) is 4.00. The number of carbonyl (C=O) groups is 1. The number of rotatable bonds is 6. The molecule has 0 amide bonds. The van der Waals surface area contributed by atoms with E-state index in [1.807, 2.05) is 68.3 Å². The summed E-state index contributed by atoms with van der Waals surface area (Å²) in [4.78, 5) is 15.8. The smallest absolute Gasteiger partial charge is 0.307 e. The summed E-state index contributed by atoms with van der Waals surface area (Å²) in [5.74, 6) is -0.486. The fourth-order valence-electron chi connectivity index (χ4n) is 4.96. The van der Waals surface area contributed by atoms with Gasteiger partial charge in [-0.05, 0) is 30.3 Å². The van der Waals surface area contributed by atoms with E-state index in [1.54, 1.807) is 6.07 Å². The first kappa shape index (κ1) is 24.3. The molecule has 6 heteroatoms. The second kappa shape index (κ2) is 9.21. The van der Waals surface area contributed by atoms with Gasteiger partial charge in [0.05, 0.1) is 6.42 Å². The molecule has 5 rings (SSSR count). The molecule has 0 fully saturated rings. The first-order chi connectivity index (χ1) is 17.7. The number of ether oxygens (including phenoxy) is 1. The highest BCUT2D eigenvalue weighted by atomic mass is 16.5. The molecule has 0 aromatic heterocycles. The predicted octanol–water partition coefficient (Wildman–Crippen LogP) is 5.65. The third-order valence-electron chi connectivity index (χ3n) is 6.98. The van der Waals surface area contributed by atoms with Gasteiger partial charge in [-0.3, -0.25) is 4.79 Å². The second-order valence-electron chi connectivity index (χ2n) is 9.74. The Bertz CT molecular complexity index is 1450. The fraction of sp³-hybridized carbons (Fsp3) is 0.194. The van der Waals surface area contributed by atoms with Gasteiger partial charge in [0.25, 0.3) is 0 Å². The molecule has 188 valence electrons. The van der Waals surface area contributed by atoms with E-state index in [4.69, 9.17) is 4.74 Å². The van der Waals surface area contributed by atoms with Gasteiger partial charge in [-0.1, -0.05) is 54.6 Å². The van der Waals surface area contributed by atoms with Crippen LogP contribution in [-0.2, 0) is 16.8 Å². The van der Waals surface area contributed by atoms with Crippen LogP contribution in [0.3, 0.4) is 0 Å². The highest BCUT2D eigenvalue weighted by Gasteiger charge is 2.39. The minimum absolute atomic E-state index is 0.0248. The molecule has 0 aliphatic carbocycles. The topological polar surface area (TPSA) is 73.2 Å². The molecule has 0 atom stereocenters. The van der Waals surface area contributed by atoms with Crippen LogP contribution in [0, 0.1) is 0 Å². The van der Waals surface area contributed by atoms with Crippen LogP contribution in [0.5, 0.6) is 11.5 Å². The van der Waals surface area contributed by atoms with E-state index >= 15 is 0 Å². The summed E-state index contributed by atoms with van der Waals surface area (Å²) < 4.78 is 6.96. The number of carboxylic acid groups (broad SMARTS) is 1. The van der Waals surface area contributed by atoms with Gasteiger partial charge in [0.15, 0.2) is 5.60 Å². The molecule has 1 aliphatic heterocycles. The van der Waals surface area contributed by atoms with E-state index in [-0.39, 0.29) is 12.2 Å². The maximum Gasteiger partial charge on any atom is 0.307 e. The second-order valence-corrected chi connectivity index (χ2v) is 9.74. The Morgan fingerprint density at radius 1 is 0.811 bits per heavy atom. The van der Waals surface area contributed by atoms with E-state index in [0.717, 1.165) is 27.9 Å². The normalized spacial score (nSPS) is 13.6. The Balaban J connectivity index is 1.77. The van der Waals surface area contributed by atoms with Gasteiger partial charge in [0, 0.05) is 72.6 Å². The lowest BCUT2D eigenvalue weighted by Gasteiger charge is -2.37. The predicted molar refractivity (Wildman–Crippen MR) is 149 cm³/mol. The number of anilines is 2. The van der Waals surface area contributed by atoms with E-state index in [2.05, 4.69) is 48.5 Å². The third-order valence-corrected chi connectivity index (χ3v) is 6.98. The molecular formula is C31H30N2O4. The Morgan fingerprint density at radius 2 is 1.32 bits per heavy atom. The van der Waals surface area contributed by atoms with Crippen molar-refractivity contribution in [1.29, 1.82) is 0 Å². The number of fused-ring (bicyclic) bond motifs is 3. The molecule has 2 N–H and O–H groups in total. The number of hydrogen-bond acceptors (Lipinski definition) is 5. The van der Waals surface area contributed by atoms with Crippen molar-refractivity contribution < 1.29 is 19.7 Å². The van der Waals surface area contributed by atoms with Gasteiger partial charge in [0.1, 0.15) is 11.5 Å². The summed E-state index contributed by atoms with van der Waals surface area (Å²) in [6.45, 7) is 0. The monoisotopic (exact) mass is 494 g/mol. The number of benzene rings is 4. The SMILES string of the molecule is CN(C)c1ccc(C2(c3ccc(N(C)C)cc3)C=Cc3c(CC(=O)O)c(O)c4ccccc4c3O2)cc1. The lowest BCUT2D eigenvalue weighted by molar-refractivity contribution is -0.136. The van der Waals surface area contributed by atoms with Crippen molar-refractivity contribution in [2.75, 3.05) is 38.0 Å². The van der Waals surface area contributed by atoms with Crippen LogP contribution < -0.4 is 14.5 Å². The van der Waals surface area contributed by atoms with Gasteiger partial charge in [0.2, 0.25) is 0 Å². The number of carboxylic acids is 1. The van der Waals surface area contributed by atoms with Crippen molar-refractivity contribution in [2.45, 2.75) is 12.0 Å². The Labute approximate surface area is 216 Å². The van der Waals surface area contributed by atoms with Crippen LogP contribution in [0.2, 0.25) is 0 Å². The van der Waals surface area contributed by atoms with E-state index < -0.39 is 11.6 Å². The van der Waals surface area contributed by atoms with Crippen molar-refractivity contribution >= 4 is 34.2 Å². The summed E-state index contributed by atoms with van der Waals surface area (Å²) in [7, 11) is 8.00. The van der Waals surface area contributed by atoms with Gasteiger partial charge in [-0.2, -0.15) is 0 Å².